The van der Waals surface area contributed by atoms with Crippen molar-refractivity contribution in [3.63, 3.8) is 0 Å². The highest BCUT2D eigenvalue weighted by Gasteiger charge is 2.11. The van der Waals surface area contributed by atoms with Crippen molar-refractivity contribution in [2.45, 2.75) is 25.0 Å². The maximum absolute atomic E-state index is 5.67. The van der Waals surface area contributed by atoms with Crippen molar-refractivity contribution >= 4 is 11.8 Å². The van der Waals surface area contributed by atoms with Crippen LogP contribution >= 0.6 is 11.8 Å². The van der Waals surface area contributed by atoms with Crippen LogP contribution in [0.15, 0.2) is 22.8 Å². The molecule has 74 valence electrons. The third-order valence-corrected chi connectivity index (χ3v) is 3.24. The van der Waals surface area contributed by atoms with Gasteiger partial charge in [0.1, 0.15) is 5.76 Å². The van der Waals surface area contributed by atoms with Gasteiger partial charge in [-0.1, -0.05) is 13.3 Å². The van der Waals surface area contributed by atoms with E-state index in [1.165, 1.54) is 18.6 Å². The highest BCUT2D eigenvalue weighted by Crippen LogP contribution is 2.28. The van der Waals surface area contributed by atoms with Crippen molar-refractivity contribution in [1.29, 1.82) is 0 Å². The summed E-state index contributed by atoms with van der Waals surface area (Å²) in [6, 6.07) is 3.91. The predicted molar refractivity (Wildman–Crippen MR) is 57.9 cm³/mol. The van der Waals surface area contributed by atoms with Crippen LogP contribution in [0.4, 0.5) is 0 Å². The first-order valence-electron chi connectivity index (χ1n) is 4.73. The van der Waals surface area contributed by atoms with Gasteiger partial charge in [0.2, 0.25) is 0 Å². The van der Waals surface area contributed by atoms with Gasteiger partial charge in [0, 0.05) is 6.54 Å². The molecule has 0 bridgehead atoms. The lowest BCUT2D eigenvalue weighted by molar-refractivity contribution is 0.507. The van der Waals surface area contributed by atoms with Crippen LogP contribution in [0.2, 0.25) is 0 Å². The Morgan fingerprint density at radius 3 is 3.00 bits per heavy atom. The molecule has 0 aliphatic rings. The minimum atomic E-state index is 0.335. The molecule has 2 nitrogen and oxygen atoms in total. The summed E-state index contributed by atoms with van der Waals surface area (Å²) in [6.07, 6.45) is 4.20. The normalized spacial score (nSPS) is 13.1. The average molecular weight is 199 g/mol. The fourth-order valence-electron chi connectivity index (χ4n) is 1.11. The number of furan rings is 1. The van der Waals surface area contributed by atoms with Crippen molar-refractivity contribution in [3.8, 4) is 0 Å². The van der Waals surface area contributed by atoms with Gasteiger partial charge < -0.3 is 10.2 Å². The minimum absolute atomic E-state index is 0.335. The summed E-state index contributed by atoms with van der Waals surface area (Å²) < 4.78 is 5.32. The van der Waals surface area contributed by atoms with Gasteiger partial charge in [-0.2, -0.15) is 0 Å². The second-order valence-electron chi connectivity index (χ2n) is 2.96. The molecule has 0 radical (unpaired) electrons. The Balaban J connectivity index is 2.35. The maximum Gasteiger partial charge on any atom is 0.118 e. The van der Waals surface area contributed by atoms with Crippen molar-refractivity contribution in [2.75, 3.05) is 12.3 Å². The molecule has 0 amide bonds. The summed E-state index contributed by atoms with van der Waals surface area (Å²) in [4.78, 5) is 0. The summed E-state index contributed by atoms with van der Waals surface area (Å²) >= 11 is 1.89. The number of hydrogen-bond donors (Lipinski definition) is 1. The number of hydrogen-bond acceptors (Lipinski definition) is 3. The zero-order chi connectivity index (χ0) is 9.52. The van der Waals surface area contributed by atoms with Gasteiger partial charge in [-0.3, -0.25) is 0 Å². The topological polar surface area (TPSA) is 39.2 Å². The molecule has 3 heteroatoms. The SMILES string of the molecule is CCCCSC(CN)c1ccco1. The first kappa shape index (κ1) is 10.7. The molecule has 0 fully saturated rings. The van der Waals surface area contributed by atoms with Gasteiger partial charge in [0.05, 0.1) is 11.5 Å². The first-order chi connectivity index (χ1) is 6.38. The molecule has 0 saturated carbocycles. The van der Waals surface area contributed by atoms with E-state index in [4.69, 9.17) is 10.2 Å². The van der Waals surface area contributed by atoms with Crippen LogP contribution in [0.3, 0.4) is 0 Å². The van der Waals surface area contributed by atoms with Crippen LogP contribution < -0.4 is 5.73 Å². The molecular weight excluding hydrogens is 182 g/mol. The number of unbranched alkanes of at least 4 members (excludes halogenated alkanes) is 1. The molecule has 0 aromatic carbocycles. The Hall–Kier alpha value is -0.410. The Morgan fingerprint density at radius 1 is 1.62 bits per heavy atom. The van der Waals surface area contributed by atoms with E-state index in [0.717, 1.165) is 5.76 Å². The van der Waals surface area contributed by atoms with E-state index in [9.17, 15) is 0 Å². The van der Waals surface area contributed by atoms with Crippen LogP contribution in [-0.4, -0.2) is 12.3 Å². The highest BCUT2D eigenvalue weighted by atomic mass is 32.2. The van der Waals surface area contributed by atoms with Gasteiger partial charge in [0.15, 0.2) is 0 Å². The lowest BCUT2D eigenvalue weighted by Crippen LogP contribution is -2.09. The van der Waals surface area contributed by atoms with Gasteiger partial charge in [0.25, 0.3) is 0 Å². The van der Waals surface area contributed by atoms with Gasteiger partial charge in [-0.05, 0) is 24.3 Å². The molecule has 0 aliphatic heterocycles. The fourth-order valence-corrected chi connectivity index (χ4v) is 2.29. The van der Waals surface area contributed by atoms with Crippen LogP contribution in [0.1, 0.15) is 30.8 Å². The Labute approximate surface area is 83.9 Å². The Bertz CT molecular complexity index is 211. The lowest BCUT2D eigenvalue weighted by Gasteiger charge is -2.10. The smallest absolute Gasteiger partial charge is 0.118 e. The number of thioether (sulfide) groups is 1. The molecule has 0 spiro atoms. The molecule has 1 unspecified atom stereocenters. The zero-order valence-corrected chi connectivity index (χ0v) is 8.85. The molecular formula is C10H17NOS. The summed E-state index contributed by atoms with van der Waals surface area (Å²) in [5.74, 6) is 2.17. The molecule has 0 saturated heterocycles. The summed E-state index contributed by atoms with van der Waals surface area (Å²) in [7, 11) is 0. The standard InChI is InChI=1S/C10H17NOS/c1-2-3-7-13-10(8-11)9-5-4-6-12-9/h4-6,10H,2-3,7-8,11H2,1H3. The average Bonchev–Trinajstić information content (AvgIpc) is 2.65. The quantitative estimate of drug-likeness (QED) is 0.716. The van der Waals surface area contributed by atoms with E-state index in [-0.39, 0.29) is 0 Å². The third kappa shape index (κ3) is 3.44. The van der Waals surface area contributed by atoms with Crippen molar-refractivity contribution in [3.05, 3.63) is 24.2 Å². The zero-order valence-electron chi connectivity index (χ0n) is 8.03. The van der Waals surface area contributed by atoms with Crippen molar-refractivity contribution in [1.82, 2.24) is 0 Å². The van der Waals surface area contributed by atoms with Gasteiger partial charge in [-0.15, -0.1) is 11.8 Å². The molecule has 1 aromatic rings. The van der Waals surface area contributed by atoms with Crippen LogP contribution in [0.5, 0.6) is 0 Å². The molecule has 1 aromatic heterocycles. The molecule has 13 heavy (non-hydrogen) atoms. The molecule has 0 aliphatic carbocycles. The number of rotatable bonds is 6. The molecule has 1 atom stereocenters. The molecule has 1 rings (SSSR count). The van der Waals surface area contributed by atoms with E-state index in [1.807, 2.05) is 23.9 Å². The van der Waals surface area contributed by atoms with E-state index in [2.05, 4.69) is 6.92 Å². The van der Waals surface area contributed by atoms with Crippen molar-refractivity contribution < 1.29 is 4.42 Å². The summed E-state index contributed by atoms with van der Waals surface area (Å²) in [5, 5.41) is 0.335. The Morgan fingerprint density at radius 2 is 2.46 bits per heavy atom. The highest BCUT2D eigenvalue weighted by molar-refractivity contribution is 7.99. The van der Waals surface area contributed by atoms with E-state index in [1.54, 1.807) is 6.26 Å². The van der Waals surface area contributed by atoms with Gasteiger partial charge in [-0.25, -0.2) is 0 Å². The van der Waals surface area contributed by atoms with Gasteiger partial charge >= 0.3 is 0 Å². The van der Waals surface area contributed by atoms with Crippen LogP contribution in [0, 0.1) is 0 Å². The molecule has 1 heterocycles. The first-order valence-corrected chi connectivity index (χ1v) is 5.78. The molecule has 2 N–H and O–H groups in total. The second kappa shape index (κ2) is 6.11. The van der Waals surface area contributed by atoms with E-state index < -0.39 is 0 Å². The van der Waals surface area contributed by atoms with Crippen molar-refractivity contribution in [2.24, 2.45) is 5.73 Å². The maximum atomic E-state index is 5.67. The number of nitrogens with two attached hydrogens (primary N) is 1. The predicted octanol–water partition coefficient (Wildman–Crippen LogP) is 2.81. The summed E-state index contributed by atoms with van der Waals surface area (Å²) in [6.45, 7) is 2.85. The van der Waals surface area contributed by atoms with Crippen LogP contribution in [0.25, 0.3) is 0 Å². The largest absolute Gasteiger partial charge is 0.468 e. The fraction of sp³-hybridized carbons (Fsp3) is 0.600. The van der Waals surface area contributed by atoms with E-state index >= 15 is 0 Å². The second-order valence-corrected chi connectivity index (χ2v) is 4.27. The summed E-state index contributed by atoms with van der Waals surface area (Å²) in [5.41, 5.74) is 5.67. The monoisotopic (exact) mass is 199 g/mol. The minimum Gasteiger partial charge on any atom is -0.468 e. The van der Waals surface area contributed by atoms with E-state index in [0.29, 0.717) is 11.8 Å². The lowest BCUT2D eigenvalue weighted by atomic mass is 10.3. The Kier molecular flexibility index (Phi) is 5.01. The third-order valence-electron chi connectivity index (χ3n) is 1.89. The van der Waals surface area contributed by atoms with Crippen LogP contribution in [-0.2, 0) is 0 Å².